The van der Waals surface area contributed by atoms with Crippen LogP contribution in [0, 0.1) is 0 Å². The van der Waals surface area contributed by atoms with Crippen LogP contribution in [0.1, 0.15) is 51.4 Å². The molecule has 21 heavy (non-hydrogen) atoms. The normalized spacial score (nSPS) is 11.0. The van der Waals surface area contributed by atoms with E-state index in [1.807, 2.05) is 0 Å². The summed E-state index contributed by atoms with van der Waals surface area (Å²) in [5, 5.41) is 8.71. The third-order valence-electron chi connectivity index (χ3n) is 2.99. The fraction of sp³-hybridized carbons (Fsp3) is 0.667. The minimum Gasteiger partial charge on any atom is -0.481 e. The van der Waals surface area contributed by atoms with E-state index in [1.165, 1.54) is 14.2 Å². The van der Waals surface area contributed by atoms with Crippen molar-refractivity contribution in [1.29, 1.82) is 0 Å². The van der Waals surface area contributed by atoms with Crippen LogP contribution in [0.2, 0.25) is 0 Å². The number of hydrogen-bond donors (Lipinski definition) is 1. The van der Waals surface area contributed by atoms with E-state index in [2.05, 4.69) is 9.47 Å². The Kier molecular flexibility index (Phi) is 10.9. The molecule has 0 aliphatic carbocycles. The molecule has 0 aliphatic rings. The van der Waals surface area contributed by atoms with Crippen molar-refractivity contribution in [3.8, 4) is 0 Å². The second kappa shape index (κ2) is 11.9. The first-order chi connectivity index (χ1) is 10.0. The van der Waals surface area contributed by atoms with Crippen LogP contribution in [0.25, 0.3) is 0 Å². The van der Waals surface area contributed by atoms with Gasteiger partial charge in [-0.3, -0.25) is 9.59 Å². The molecule has 120 valence electrons. The van der Waals surface area contributed by atoms with Crippen LogP contribution in [0.3, 0.4) is 0 Å². The first-order valence-electron chi connectivity index (χ1n) is 7.07. The third kappa shape index (κ3) is 10.6. The summed E-state index contributed by atoms with van der Waals surface area (Å²) in [5.74, 6) is -1.82. The fourth-order valence-corrected chi connectivity index (χ4v) is 1.84. The van der Waals surface area contributed by atoms with Gasteiger partial charge in [0.2, 0.25) is 0 Å². The molecule has 0 saturated heterocycles. The lowest BCUT2D eigenvalue weighted by Gasteiger charge is -2.03. The molecule has 0 unspecified atom stereocenters. The third-order valence-corrected chi connectivity index (χ3v) is 2.99. The van der Waals surface area contributed by atoms with Crippen LogP contribution in [0.15, 0.2) is 11.6 Å². The Labute approximate surface area is 125 Å². The second-order valence-electron chi connectivity index (χ2n) is 4.67. The predicted molar refractivity (Wildman–Crippen MR) is 76.7 cm³/mol. The van der Waals surface area contributed by atoms with Gasteiger partial charge in [-0.2, -0.15) is 0 Å². The number of carbonyl (C=O) groups excluding carboxylic acids is 2. The number of methoxy groups -OCH3 is 2. The molecular formula is C15H24O6. The molecule has 0 aromatic carbocycles. The van der Waals surface area contributed by atoms with Crippen LogP contribution >= 0.6 is 0 Å². The van der Waals surface area contributed by atoms with Gasteiger partial charge in [-0.05, 0) is 19.3 Å². The topological polar surface area (TPSA) is 89.9 Å². The van der Waals surface area contributed by atoms with Crippen molar-refractivity contribution in [1.82, 2.24) is 0 Å². The summed E-state index contributed by atoms with van der Waals surface area (Å²) in [4.78, 5) is 32.9. The monoisotopic (exact) mass is 300 g/mol. The van der Waals surface area contributed by atoms with Crippen LogP contribution in [0.4, 0.5) is 0 Å². The highest BCUT2D eigenvalue weighted by molar-refractivity contribution is 5.93. The van der Waals surface area contributed by atoms with Crippen molar-refractivity contribution in [3.63, 3.8) is 0 Å². The molecule has 0 bridgehead atoms. The van der Waals surface area contributed by atoms with Gasteiger partial charge in [0.15, 0.2) is 0 Å². The summed E-state index contributed by atoms with van der Waals surface area (Å²) in [5.41, 5.74) is 0.190. The number of esters is 2. The van der Waals surface area contributed by atoms with E-state index in [0.717, 1.165) is 32.1 Å². The van der Waals surface area contributed by atoms with Gasteiger partial charge in [-0.15, -0.1) is 0 Å². The lowest BCUT2D eigenvalue weighted by molar-refractivity contribution is -0.141. The van der Waals surface area contributed by atoms with Gasteiger partial charge in [0.25, 0.3) is 0 Å². The van der Waals surface area contributed by atoms with Gasteiger partial charge < -0.3 is 14.6 Å². The summed E-state index contributed by atoms with van der Waals surface area (Å²) >= 11 is 0. The SMILES string of the molecule is COC(=O)CCCCCCCC=C(CC(=O)O)C(=O)OC. The van der Waals surface area contributed by atoms with Crippen molar-refractivity contribution in [2.24, 2.45) is 0 Å². The number of ether oxygens (including phenoxy) is 2. The van der Waals surface area contributed by atoms with Crippen LogP contribution < -0.4 is 0 Å². The quantitative estimate of drug-likeness (QED) is 0.358. The summed E-state index contributed by atoms with van der Waals surface area (Å²) in [6.45, 7) is 0. The largest absolute Gasteiger partial charge is 0.481 e. The minimum atomic E-state index is -1.05. The van der Waals surface area contributed by atoms with Gasteiger partial charge >= 0.3 is 17.9 Å². The number of hydrogen-bond acceptors (Lipinski definition) is 5. The first kappa shape index (κ1) is 19.1. The summed E-state index contributed by atoms with van der Waals surface area (Å²) in [6, 6.07) is 0. The molecule has 0 spiro atoms. The summed E-state index contributed by atoms with van der Waals surface area (Å²) in [6.07, 6.45) is 7.03. The zero-order valence-electron chi connectivity index (χ0n) is 12.7. The number of carbonyl (C=O) groups is 3. The average Bonchev–Trinajstić information content (AvgIpc) is 2.46. The van der Waals surface area contributed by atoms with Gasteiger partial charge in [0.05, 0.1) is 20.6 Å². The summed E-state index contributed by atoms with van der Waals surface area (Å²) < 4.78 is 9.09. The molecule has 0 aromatic rings. The van der Waals surface area contributed by atoms with E-state index >= 15 is 0 Å². The molecule has 0 amide bonds. The zero-order chi connectivity index (χ0) is 16.1. The highest BCUT2D eigenvalue weighted by atomic mass is 16.5. The van der Waals surface area contributed by atoms with Gasteiger partial charge in [-0.25, -0.2) is 4.79 Å². The highest BCUT2D eigenvalue weighted by Gasteiger charge is 2.12. The van der Waals surface area contributed by atoms with Crippen molar-refractivity contribution < 1.29 is 29.0 Å². The molecule has 6 heteroatoms. The first-order valence-corrected chi connectivity index (χ1v) is 7.07. The van der Waals surface area contributed by atoms with Crippen molar-refractivity contribution in [2.45, 2.75) is 51.4 Å². The molecule has 0 aromatic heterocycles. The molecule has 0 rings (SSSR count). The van der Waals surface area contributed by atoms with Crippen molar-refractivity contribution in [2.75, 3.05) is 14.2 Å². The maximum absolute atomic E-state index is 11.3. The van der Waals surface area contributed by atoms with Crippen molar-refractivity contribution in [3.05, 3.63) is 11.6 Å². The van der Waals surface area contributed by atoms with E-state index in [4.69, 9.17) is 5.11 Å². The Balaban J connectivity index is 3.83. The van der Waals surface area contributed by atoms with Gasteiger partial charge in [-0.1, -0.05) is 25.3 Å². The van der Waals surface area contributed by atoms with E-state index in [0.29, 0.717) is 12.8 Å². The summed E-state index contributed by atoms with van der Waals surface area (Å²) in [7, 11) is 2.62. The Morgan fingerprint density at radius 2 is 1.57 bits per heavy atom. The average molecular weight is 300 g/mol. The Morgan fingerprint density at radius 3 is 2.14 bits per heavy atom. The van der Waals surface area contributed by atoms with Crippen LogP contribution in [-0.2, 0) is 23.9 Å². The predicted octanol–water partition coefficient (Wildman–Crippen LogP) is 2.46. The molecule has 0 saturated carbocycles. The van der Waals surface area contributed by atoms with Gasteiger partial charge in [0.1, 0.15) is 0 Å². The maximum atomic E-state index is 11.3. The van der Waals surface area contributed by atoms with Crippen LogP contribution in [0.5, 0.6) is 0 Å². The molecule has 0 radical (unpaired) electrons. The highest BCUT2D eigenvalue weighted by Crippen LogP contribution is 2.11. The molecule has 1 N–H and O–H groups in total. The molecule has 0 heterocycles. The lowest BCUT2D eigenvalue weighted by atomic mass is 10.1. The number of allylic oxidation sites excluding steroid dienone is 1. The molecule has 6 nitrogen and oxygen atoms in total. The maximum Gasteiger partial charge on any atom is 0.333 e. The number of rotatable bonds is 11. The van der Waals surface area contributed by atoms with Crippen molar-refractivity contribution >= 4 is 17.9 Å². The minimum absolute atomic E-state index is 0.186. The number of carboxylic acid groups (broad SMARTS) is 1. The molecule has 0 fully saturated rings. The van der Waals surface area contributed by atoms with Crippen LogP contribution in [-0.4, -0.2) is 37.2 Å². The number of aliphatic carboxylic acids is 1. The lowest BCUT2D eigenvalue weighted by Crippen LogP contribution is -2.09. The number of unbranched alkanes of at least 4 members (excludes halogenated alkanes) is 5. The standard InChI is InChI=1S/C15H24O6/c1-20-14(18)10-8-6-4-3-5-7-9-12(11-13(16)17)15(19)21-2/h9H,3-8,10-11H2,1-2H3,(H,16,17). The Morgan fingerprint density at radius 1 is 0.952 bits per heavy atom. The van der Waals surface area contributed by atoms with E-state index in [1.54, 1.807) is 6.08 Å². The Bertz CT molecular complexity index is 372. The Hall–Kier alpha value is -1.85. The van der Waals surface area contributed by atoms with Gasteiger partial charge in [0, 0.05) is 12.0 Å². The molecule has 0 atom stereocenters. The van der Waals surface area contributed by atoms with E-state index in [9.17, 15) is 14.4 Å². The second-order valence-corrected chi connectivity index (χ2v) is 4.67. The van der Waals surface area contributed by atoms with E-state index in [-0.39, 0.29) is 18.0 Å². The molecular weight excluding hydrogens is 276 g/mol. The number of carboxylic acids is 1. The van der Waals surface area contributed by atoms with E-state index < -0.39 is 11.9 Å². The smallest absolute Gasteiger partial charge is 0.333 e. The fourth-order valence-electron chi connectivity index (χ4n) is 1.84. The zero-order valence-corrected chi connectivity index (χ0v) is 12.7. The molecule has 0 aliphatic heterocycles.